The Bertz CT molecular complexity index is 351. The molecule has 17 heavy (non-hydrogen) atoms. The molecule has 2 heterocycles. The van der Waals surface area contributed by atoms with Gasteiger partial charge in [-0.3, -0.25) is 4.98 Å². The van der Waals surface area contributed by atoms with Crippen molar-refractivity contribution >= 4 is 11.4 Å². The molecule has 0 amide bonds. The van der Waals surface area contributed by atoms with Gasteiger partial charge in [0.25, 0.3) is 0 Å². The number of anilines is 2. The molecular formula is C14H23N3. The van der Waals surface area contributed by atoms with Gasteiger partial charge in [0.15, 0.2) is 0 Å². The number of hydrogen-bond donors (Lipinski definition) is 1. The highest BCUT2D eigenvalue weighted by Gasteiger charge is 2.16. The van der Waals surface area contributed by atoms with Crippen LogP contribution >= 0.6 is 0 Å². The van der Waals surface area contributed by atoms with Gasteiger partial charge < -0.3 is 10.2 Å². The van der Waals surface area contributed by atoms with Crippen molar-refractivity contribution in [3.05, 3.63) is 18.5 Å². The summed E-state index contributed by atoms with van der Waals surface area (Å²) in [4.78, 5) is 6.79. The Morgan fingerprint density at radius 1 is 1.47 bits per heavy atom. The summed E-state index contributed by atoms with van der Waals surface area (Å²) in [5, 5.41) is 3.40. The molecule has 3 nitrogen and oxygen atoms in total. The normalized spacial score (nSPS) is 20.4. The Kier molecular flexibility index (Phi) is 4.24. The van der Waals surface area contributed by atoms with Gasteiger partial charge >= 0.3 is 0 Å². The molecule has 0 aliphatic carbocycles. The molecule has 0 spiro atoms. The van der Waals surface area contributed by atoms with E-state index in [1.54, 1.807) is 0 Å². The van der Waals surface area contributed by atoms with Crippen LogP contribution in [0, 0.1) is 5.92 Å². The van der Waals surface area contributed by atoms with E-state index in [0.29, 0.717) is 0 Å². The van der Waals surface area contributed by atoms with Crippen LogP contribution in [-0.4, -0.2) is 24.6 Å². The average Bonchev–Trinajstić information content (AvgIpc) is 2.37. The van der Waals surface area contributed by atoms with E-state index in [4.69, 9.17) is 0 Å². The molecule has 3 heteroatoms. The highest BCUT2D eigenvalue weighted by molar-refractivity contribution is 5.55. The Balaban J connectivity index is 2.04. The van der Waals surface area contributed by atoms with Crippen LogP contribution in [0.15, 0.2) is 18.5 Å². The molecule has 0 saturated carbocycles. The first-order chi connectivity index (χ1) is 8.29. The summed E-state index contributed by atoms with van der Waals surface area (Å²) < 4.78 is 0. The summed E-state index contributed by atoms with van der Waals surface area (Å²) in [7, 11) is 0. The summed E-state index contributed by atoms with van der Waals surface area (Å²) in [6, 6.07) is 2.22. The van der Waals surface area contributed by atoms with E-state index in [1.165, 1.54) is 31.6 Å². The van der Waals surface area contributed by atoms with E-state index < -0.39 is 0 Å². The van der Waals surface area contributed by atoms with Crippen LogP contribution in [0.25, 0.3) is 0 Å². The second kappa shape index (κ2) is 5.89. The number of piperidine rings is 1. The van der Waals surface area contributed by atoms with E-state index in [1.807, 2.05) is 12.4 Å². The lowest BCUT2D eigenvalue weighted by molar-refractivity contribution is 0.446. The van der Waals surface area contributed by atoms with Crippen molar-refractivity contribution in [3.8, 4) is 0 Å². The van der Waals surface area contributed by atoms with E-state index in [0.717, 1.165) is 24.6 Å². The fourth-order valence-corrected chi connectivity index (χ4v) is 2.39. The van der Waals surface area contributed by atoms with Gasteiger partial charge in [0.1, 0.15) is 0 Å². The second-order valence-corrected chi connectivity index (χ2v) is 5.05. The lowest BCUT2D eigenvalue weighted by Crippen LogP contribution is -2.34. The first-order valence-electron chi connectivity index (χ1n) is 6.73. The van der Waals surface area contributed by atoms with Crippen LogP contribution in [0.2, 0.25) is 0 Å². The van der Waals surface area contributed by atoms with Crippen LogP contribution in [0.5, 0.6) is 0 Å². The van der Waals surface area contributed by atoms with Crippen molar-refractivity contribution in [3.63, 3.8) is 0 Å². The standard InChI is InChI=1S/C14H23N3/c1-3-6-16-13-8-14(10-15-9-13)17-7-4-5-12(2)11-17/h8-10,12,16H,3-7,11H2,1-2H3. The Morgan fingerprint density at radius 2 is 2.35 bits per heavy atom. The predicted molar refractivity (Wildman–Crippen MR) is 73.6 cm³/mol. The molecular weight excluding hydrogens is 210 g/mol. The Morgan fingerprint density at radius 3 is 3.12 bits per heavy atom. The molecule has 2 rings (SSSR count). The van der Waals surface area contributed by atoms with E-state index >= 15 is 0 Å². The van der Waals surface area contributed by atoms with Crippen LogP contribution in [0.4, 0.5) is 11.4 Å². The topological polar surface area (TPSA) is 28.2 Å². The summed E-state index contributed by atoms with van der Waals surface area (Å²) in [5.74, 6) is 0.802. The van der Waals surface area contributed by atoms with Crippen molar-refractivity contribution < 1.29 is 0 Å². The Hall–Kier alpha value is -1.25. The first-order valence-corrected chi connectivity index (χ1v) is 6.73. The minimum absolute atomic E-state index is 0.802. The highest BCUT2D eigenvalue weighted by atomic mass is 15.1. The molecule has 0 bridgehead atoms. The van der Waals surface area contributed by atoms with Gasteiger partial charge in [-0.05, 0) is 31.2 Å². The van der Waals surface area contributed by atoms with E-state index in [9.17, 15) is 0 Å². The lowest BCUT2D eigenvalue weighted by atomic mass is 10.00. The number of nitrogens with zero attached hydrogens (tertiary/aromatic N) is 2. The van der Waals surface area contributed by atoms with Crippen molar-refractivity contribution in [2.45, 2.75) is 33.1 Å². The number of pyridine rings is 1. The van der Waals surface area contributed by atoms with Crippen molar-refractivity contribution in [2.75, 3.05) is 29.9 Å². The van der Waals surface area contributed by atoms with Crippen molar-refractivity contribution in [2.24, 2.45) is 5.92 Å². The zero-order valence-corrected chi connectivity index (χ0v) is 10.9. The van der Waals surface area contributed by atoms with Crippen molar-refractivity contribution in [1.82, 2.24) is 4.98 Å². The smallest absolute Gasteiger partial charge is 0.0573 e. The van der Waals surface area contributed by atoms with Gasteiger partial charge in [0, 0.05) is 19.6 Å². The SMILES string of the molecule is CCCNc1cncc(N2CCCC(C)C2)c1. The molecule has 1 aromatic heterocycles. The Labute approximate surface area is 104 Å². The zero-order chi connectivity index (χ0) is 12.1. The number of nitrogens with one attached hydrogen (secondary N) is 1. The minimum Gasteiger partial charge on any atom is -0.384 e. The third kappa shape index (κ3) is 3.35. The number of aromatic nitrogens is 1. The quantitative estimate of drug-likeness (QED) is 0.866. The van der Waals surface area contributed by atoms with Crippen LogP contribution in [-0.2, 0) is 0 Å². The maximum Gasteiger partial charge on any atom is 0.0573 e. The zero-order valence-electron chi connectivity index (χ0n) is 10.9. The van der Waals surface area contributed by atoms with Gasteiger partial charge in [0.2, 0.25) is 0 Å². The fourth-order valence-electron chi connectivity index (χ4n) is 2.39. The molecule has 0 radical (unpaired) electrons. The van der Waals surface area contributed by atoms with Gasteiger partial charge in [-0.15, -0.1) is 0 Å². The molecule has 1 unspecified atom stereocenters. The summed E-state index contributed by atoms with van der Waals surface area (Å²) in [5.41, 5.74) is 2.40. The van der Waals surface area contributed by atoms with Gasteiger partial charge in [-0.25, -0.2) is 0 Å². The molecule has 1 N–H and O–H groups in total. The first kappa shape index (κ1) is 12.2. The summed E-state index contributed by atoms with van der Waals surface area (Å²) in [6.07, 6.45) is 7.69. The highest BCUT2D eigenvalue weighted by Crippen LogP contribution is 2.24. The third-order valence-corrected chi connectivity index (χ3v) is 3.33. The van der Waals surface area contributed by atoms with Crippen LogP contribution in [0.3, 0.4) is 0 Å². The van der Waals surface area contributed by atoms with Gasteiger partial charge in [0.05, 0.1) is 23.8 Å². The molecule has 0 aromatic carbocycles. The maximum atomic E-state index is 4.33. The lowest BCUT2D eigenvalue weighted by Gasteiger charge is -2.32. The van der Waals surface area contributed by atoms with Gasteiger partial charge in [-0.2, -0.15) is 0 Å². The summed E-state index contributed by atoms with van der Waals surface area (Å²) in [6.45, 7) is 7.86. The molecule has 1 atom stereocenters. The molecule has 94 valence electrons. The minimum atomic E-state index is 0.802. The van der Waals surface area contributed by atoms with Crippen LogP contribution < -0.4 is 10.2 Å². The second-order valence-electron chi connectivity index (χ2n) is 5.05. The van der Waals surface area contributed by atoms with Crippen molar-refractivity contribution in [1.29, 1.82) is 0 Å². The third-order valence-electron chi connectivity index (χ3n) is 3.33. The number of hydrogen-bond acceptors (Lipinski definition) is 3. The molecule has 1 aliphatic rings. The average molecular weight is 233 g/mol. The monoisotopic (exact) mass is 233 g/mol. The largest absolute Gasteiger partial charge is 0.384 e. The van der Waals surface area contributed by atoms with Crippen LogP contribution in [0.1, 0.15) is 33.1 Å². The maximum absolute atomic E-state index is 4.33. The predicted octanol–water partition coefficient (Wildman–Crippen LogP) is 3.14. The van der Waals surface area contributed by atoms with Gasteiger partial charge in [-0.1, -0.05) is 13.8 Å². The molecule has 1 fully saturated rings. The summed E-state index contributed by atoms with van der Waals surface area (Å²) >= 11 is 0. The van der Waals surface area contributed by atoms with E-state index in [-0.39, 0.29) is 0 Å². The fraction of sp³-hybridized carbons (Fsp3) is 0.643. The molecule has 1 aromatic rings. The number of rotatable bonds is 4. The molecule has 1 saturated heterocycles. The molecule has 1 aliphatic heterocycles. The van der Waals surface area contributed by atoms with E-state index in [2.05, 4.69) is 35.1 Å².